The van der Waals surface area contributed by atoms with E-state index in [4.69, 9.17) is 5.73 Å². The van der Waals surface area contributed by atoms with Crippen molar-refractivity contribution in [1.29, 1.82) is 0 Å². The number of hydrogen-bond donors (Lipinski definition) is 2. The van der Waals surface area contributed by atoms with Crippen LogP contribution in [0.25, 0.3) is 0 Å². The van der Waals surface area contributed by atoms with E-state index in [1.54, 1.807) is 11.3 Å². The molecule has 0 radical (unpaired) electrons. The van der Waals surface area contributed by atoms with E-state index in [1.807, 2.05) is 6.92 Å². The Morgan fingerprint density at radius 2 is 2.33 bits per heavy atom. The van der Waals surface area contributed by atoms with Gasteiger partial charge in [0.05, 0.1) is 0 Å². The van der Waals surface area contributed by atoms with Gasteiger partial charge in [0, 0.05) is 37.0 Å². The van der Waals surface area contributed by atoms with Gasteiger partial charge in [-0.1, -0.05) is 13.0 Å². The summed E-state index contributed by atoms with van der Waals surface area (Å²) in [5.41, 5.74) is 5.80. The van der Waals surface area contributed by atoms with Gasteiger partial charge in [-0.3, -0.25) is 9.69 Å². The number of nitrogens with zero attached hydrogens (tertiary/aromatic N) is 1. The maximum Gasteiger partial charge on any atom is 0.221 e. The SMILES string of the molecule is CCNC(=O)CC(CN)N(CC)Cc1cccs1. The first kappa shape index (κ1) is 15.1. The van der Waals surface area contributed by atoms with Gasteiger partial charge in [-0.05, 0) is 24.9 Å². The van der Waals surface area contributed by atoms with Crippen molar-refractivity contribution in [2.75, 3.05) is 19.6 Å². The highest BCUT2D eigenvalue weighted by molar-refractivity contribution is 7.09. The average Bonchev–Trinajstić information content (AvgIpc) is 2.86. The van der Waals surface area contributed by atoms with E-state index < -0.39 is 0 Å². The van der Waals surface area contributed by atoms with Gasteiger partial charge in [0.1, 0.15) is 0 Å². The lowest BCUT2D eigenvalue weighted by Gasteiger charge is -2.29. The Hall–Kier alpha value is -0.910. The topological polar surface area (TPSA) is 58.4 Å². The van der Waals surface area contributed by atoms with E-state index in [0.717, 1.165) is 13.1 Å². The van der Waals surface area contributed by atoms with Crippen LogP contribution in [0.15, 0.2) is 17.5 Å². The van der Waals surface area contributed by atoms with Crippen molar-refractivity contribution in [1.82, 2.24) is 10.2 Å². The summed E-state index contributed by atoms with van der Waals surface area (Å²) in [5, 5.41) is 4.90. The van der Waals surface area contributed by atoms with Gasteiger partial charge in [0.2, 0.25) is 5.91 Å². The second kappa shape index (κ2) is 8.24. The molecule has 18 heavy (non-hydrogen) atoms. The Kier molecular flexibility index (Phi) is 6.93. The zero-order valence-electron chi connectivity index (χ0n) is 11.2. The zero-order valence-corrected chi connectivity index (χ0v) is 12.0. The lowest BCUT2D eigenvalue weighted by Crippen LogP contribution is -2.43. The highest BCUT2D eigenvalue weighted by atomic mass is 32.1. The number of amides is 1. The lowest BCUT2D eigenvalue weighted by molar-refractivity contribution is -0.122. The fourth-order valence-electron chi connectivity index (χ4n) is 1.95. The monoisotopic (exact) mass is 269 g/mol. The molecule has 0 aliphatic carbocycles. The highest BCUT2D eigenvalue weighted by Crippen LogP contribution is 2.14. The first-order valence-corrected chi connectivity index (χ1v) is 7.32. The number of carbonyl (C=O) groups excluding carboxylic acids is 1. The Balaban J connectivity index is 2.56. The lowest BCUT2D eigenvalue weighted by atomic mass is 10.1. The van der Waals surface area contributed by atoms with Gasteiger partial charge in [-0.2, -0.15) is 0 Å². The molecule has 0 saturated heterocycles. The van der Waals surface area contributed by atoms with Crippen LogP contribution >= 0.6 is 11.3 Å². The fourth-order valence-corrected chi connectivity index (χ4v) is 2.68. The molecule has 3 N–H and O–H groups in total. The fraction of sp³-hybridized carbons (Fsp3) is 0.615. The maximum absolute atomic E-state index is 11.6. The standard InChI is InChI=1S/C13H23N3OS/c1-3-15-13(17)8-11(9-14)16(4-2)10-12-6-5-7-18-12/h5-7,11H,3-4,8-10,14H2,1-2H3,(H,15,17). The molecular weight excluding hydrogens is 246 g/mol. The van der Waals surface area contributed by atoms with Crippen LogP contribution in [0, 0.1) is 0 Å². The third-order valence-corrected chi connectivity index (χ3v) is 3.79. The molecule has 4 nitrogen and oxygen atoms in total. The van der Waals surface area contributed by atoms with Crippen molar-refractivity contribution in [2.45, 2.75) is 32.9 Å². The van der Waals surface area contributed by atoms with Gasteiger partial charge in [-0.15, -0.1) is 11.3 Å². The van der Waals surface area contributed by atoms with Crippen molar-refractivity contribution in [3.63, 3.8) is 0 Å². The normalized spacial score (nSPS) is 12.7. The summed E-state index contributed by atoms with van der Waals surface area (Å²) in [6.45, 7) is 6.99. The smallest absolute Gasteiger partial charge is 0.221 e. The van der Waals surface area contributed by atoms with Gasteiger partial charge >= 0.3 is 0 Å². The minimum Gasteiger partial charge on any atom is -0.356 e. The molecule has 1 aromatic heterocycles. The Morgan fingerprint density at radius 3 is 2.83 bits per heavy atom. The van der Waals surface area contributed by atoms with Crippen molar-refractivity contribution in [3.8, 4) is 0 Å². The predicted octanol–water partition coefficient (Wildman–Crippen LogP) is 1.42. The molecule has 1 amide bonds. The van der Waals surface area contributed by atoms with Crippen LogP contribution in [0.5, 0.6) is 0 Å². The van der Waals surface area contributed by atoms with Crippen LogP contribution in [-0.4, -0.2) is 36.5 Å². The summed E-state index contributed by atoms with van der Waals surface area (Å²) < 4.78 is 0. The first-order chi connectivity index (χ1) is 8.71. The molecule has 1 rings (SSSR count). The molecule has 0 spiro atoms. The van der Waals surface area contributed by atoms with Crippen LogP contribution in [0.2, 0.25) is 0 Å². The van der Waals surface area contributed by atoms with E-state index in [-0.39, 0.29) is 11.9 Å². The predicted molar refractivity (Wildman–Crippen MR) is 76.5 cm³/mol. The number of nitrogens with one attached hydrogen (secondary N) is 1. The Morgan fingerprint density at radius 1 is 1.56 bits per heavy atom. The summed E-state index contributed by atoms with van der Waals surface area (Å²) in [4.78, 5) is 15.2. The highest BCUT2D eigenvalue weighted by Gasteiger charge is 2.19. The maximum atomic E-state index is 11.6. The van der Waals surface area contributed by atoms with Crippen molar-refractivity contribution >= 4 is 17.2 Å². The van der Waals surface area contributed by atoms with E-state index in [9.17, 15) is 4.79 Å². The molecule has 102 valence electrons. The summed E-state index contributed by atoms with van der Waals surface area (Å²) in [5.74, 6) is 0.0811. The number of nitrogens with two attached hydrogens (primary N) is 1. The van der Waals surface area contributed by atoms with Crippen LogP contribution in [0.3, 0.4) is 0 Å². The summed E-state index contributed by atoms with van der Waals surface area (Å²) in [7, 11) is 0. The number of hydrogen-bond acceptors (Lipinski definition) is 4. The van der Waals surface area contributed by atoms with Gasteiger partial charge in [-0.25, -0.2) is 0 Å². The molecule has 1 atom stereocenters. The van der Waals surface area contributed by atoms with Crippen LogP contribution < -0.4 is 11.1 Å². The van der Waals surface area contributed by atoms with Crippen LogP contribution in [0.1, 0.15) is 25.1 Å². The summed E-state index contributed by atoms with van der Waals surface area (Å²) >= 11 is 1.74. The molecule has 0 bridgehead atoms. The van der Waals surface area contributed by atoms with Crippen molar-refractivity contribution in [2.24, 2.45) is 5.73 Å². The summed E-state index contributed by atoms with van der Waals surface area (Å²) in [6, 6.07) is 4.28. The number of thiophene rings is 1. The molecule has 0 fully saturated rings. The molecule has 1 heterocycles. The quantitative estimate of drug-likeness (QED) is 0.750. The molecule has 5 heteroatoms. The Labute approximate surface area is 113 Å². The molecule has 0 aromatic carbocycles. The third-order valence-electron chi connectivity index (χ3n) is 2.93. The van der Waals surface area contributed by atoms with Crippen LogP contribution in [-0.2, 0) is 11.3 Å². The van der Waals surface area contributed by atoms with E-state index >= 15 is 0 Å². The van der Waals surface area contributed by atoms with Crippen LogP contribution in [0.4, 0.5) is 0 Å². The largest absolute Gasteiger partial charge is 0.356 e. The molecule has 0 aliphatic rings. The molecule has 0 aliphatic heterocycles. The second-order valence-corrected chi connectivity index (χ2v) is 5.22. The van der Waals surface area contributed by atoms with E-state index in [0.29, 0.717) is 19.5 Å². The number of carbonyl (C=O) groups is 1. The van der Waals surface area contributed by atoms with Gasteiger partial charge in [0.25, 0.3) is 0 Å². The van der Waals surface area contributed by atoms with E-state index in [2.05, 4.69) is 34.7 Å². The molecule has 0 saturated carbocycles. The summed E-state index contributed by atoms with van der Waals surface area (Å²) in [6.07, 6.45) is 0.476. The number of rotatable bonds is 8. The van der Waals surface area contributed by atoms with Gasteiger partial charge < -0.3 is 11.1 Å². The minimum absolute atomic E-state index is 0.0811. The van der Waals surface area contributed by atoms with Gasteiger partial charge in [0.15, 0.2) is 0 Å². The second-order valence-electron chi connectivity index (χ2n) is 4.19. The Bertz CT molecular complexity index is 340. The number of likely N-dealkylation sites (N-methyl/N-ethyl adjacent to an activating group) is 1. The molecule has 1 aromatic rings. The first-order valence-electron chi connectivity index (χ1n) is 6.44. The zero-order chi connectivity index (χ0) is 13.4. The van der Waals surface area contributed by atoms with E-state index in [1.165, 1.54) is 4.88 Å². The molecule has 1 unspecified atom stereocenters. The molecular formula is C13H23N3OS. The van der Waals surface area contributed by atoms with Crippen molar-refractivity contribution in [3.05, 3.63) is 22.4 Å². The average molecular weight is 269 g/mol. The van der Waals surface area contributed by atoms with Crippen molar-refractivity contribution < 1.29 is 4.79 Å². The third kappa shape index (κ3) is 4.76. The minimum atomic E-state index is 0.0811.